The number of nitrogens with one attached hydrogen (secondary N) is 1. The summed E-state index contributed by atoms with van der Waals surface area (Å²) in [6, 6.07) is 28.2. The second kappa shape index (κ2) is 7.65. The van der Waals surface area contributed by atoms with E-state index in [4.69, 9.17) is 6.85 Å². The molecule has 0 spiro atoms. The first kappa shape index (κ1) is 12.6. The zero-order valence-corrected chi connectivity index (χ0v) is 15.7. The van der Waals surface area contributed by atoms with Crippen molar-refractivity contribution in [3.63, 3.8) is 0 Å². The molecule has 0 amide bonds. The lowest BCUT2D eigenvalue weighted by atomic mass is 9.93. The van der Waals surface area contributed by atoms with Crippen molar-refractivity contribution in [1.82, 2.24) is 0 Å². The van der Waals surface area contributed by atoms with Crippen LogP contribution < -0.4 is 5.32 Å². The molecule has 0 saturated carbocycles. The highest BCUT2D eigenvalue weighted by Gasteiger charge is 2.08. The third-order valence-corrected chi connectivity index (χ3v) is 4.91. The summed E-state index contributed by atoms with van der Waals surface area (Å²) < 4.78 is 41.1. The summed E-state index contributed by atoms with van der Waals surface area (Å²) in [6.45, 7) is 0. The summed E-state index contributed by atoms with van der Waals surface area (Å²) in [4.78, 5) is 0. The summed E-state index contributed by atoms with van der Waals surface area (Å²) >= 11 is 0. The topological polar surface area (TPSA) is 12.0 Å². The van der Waals surface area contributed by atoms with E-state index in [2.05, 4.69) is 11.4 Å². The first-order valence-electron chi connectivity index (χ1n) is 12.0. The lowest BCUT2D eigenvalue weighted by molar-refractivity contribution is 1.54. The minimum atomic E-state index is -0.388. The average Bonchev–Trinajstić information content (AvgIpc) is 2.87. The summed E-state index contributed by atoms with van der Waals surface area (Å²) in [6.07, 6.45) is 0. The van der Waals surface area contributed by atoms with E-state index in [0.717, 1.165) is 33.3 Å². The van der Waals surface area contributed by atoms with Gasteiger partial charge in [0.05, 0.1) is 6.85 Å². The van der Waals surface area contributed by atoms with Gasteiger partial charge in [-0.05, 0) is 69.4 Å². The van der Waals surface area contributed by atoms with Gasteiger partial charge in [0, 0.05) is 11.4 Å². The molecular formula is C28H21N. The van der Waals surface area contributed by atoms with Crippen molar-refractivity contribution >= 4 is 22.1 Å². The van der Waals surface area contributed by atoms with Crippen LogP contribution in [-0.4, -0.2) is 0 Å². The number of hydrogen-bond donors (Lipinski definition) is 1. The van der Waals surface area contributed by atoms with E-state index in [9.17, 15) is 0 Å². The average molecular weight is 377 g/mol. The predicted octanol–water partition coefficient (Wildman–Crippen LogP) is 7.92. The fraction of sp³-hybridized carbons (Fsp3) is 0. The maximum atomic E-state index is 8.48. The third kappa shape index (κ3) is 3.63. The monoisotopic (exact) mass is 376 g/mol. The number of benzene rings is 5. The zero-order valence-electron chi connectivity index (χ0n) is 20.7. The Bertz CT molecular complexity index is 1480. The van der Waals surface area contributed by atoms with Crippen LogP contribution in [0, 0.1) is 0 Å². The Morgan fingerprint density at radius 1 is 0.552 bits per heavy atom. The molecule has 0 aliphatic rings. The lowest BCUT2D eigenvalue weighted by Crippen LogP contribution is -1.90. The largest absolute Gasteiger partial charge is 0.356 e. The second-order valence-corrected chi connectivity index (χ2v) is 6.81. The van der Waals surface area contributed by atoms with Gasteiger partial charge in [-0.3, -0.25) is 0 Å². The number of hydrogen-bond acceptors (Lipinski definition) is 1. The summed E-state index contributed by atoms with van der Waals surface area (Å²) in [5.41, 5.74) is 4.68. The number of rotatable bonds is 4. The third-order valence-electron chi connectivity index (χ3n) is 4.91. The SMILES string of the molecule is [2H]c1c([2H])c([2H])c(-c2cc(-c3ccc(Nc4ccccc4)cc3)cc3ccccc23)c([2H])c1[2H]. The van der Waals surface area contributed by atoms with Crippen LogP contribution in [0.5, 0.6) is 0 Å². The second-order valence-electron chi connectivity index (χ2n) is 6.81. The van der Waals surface area contributed by atoms with Crippen LogP contribution in [0.1, 0.15) is 6.85 Å². The Labute approximate surface area is 178 Å². The molecule has 0 aliphatic carbocycles. The highest BCUT2D eigenvalue weighted by molar-refractivity contribution is 6.00. The van der Waals surface area contributed by atoms with Crippen LogP contribution in [-0.2, 0) is 0 Å². The molecule has 0 atom stereocenters. The van der Waals surface area contributed by atoms with Crippen molar-refractivity contribution in [2.24, 2.45) is 0 Å². The van der Waals surface area contributed by atoms with Crippen molar-refractivity contribution in [1.29, 1.82) is 0 Å². The van der Waals surface area contributed by atoms with Gasteiger partial charge >= 0.3 is 0 Å². The molecule has 0 radical (unpaired) electrons. The molecule has 0 heterocycles. The minimum absolute atomic E-state index is 0.198. The maximum absolute atomic E-state index is 8.48. The normalized spacial score (nSPS) is 13.2. The fourth-order valence-electron chi connectivity index (χ4n) is 3.50. The van der Waals surface area contributed by atoms with Crippen molar-refractivity contribution in [2.45, 2.75) is 0 Å². The number of fused-ring (bicyclic) bond motifs is 1. The standard InChI is InChI=1S/C28H21N/c1-3-9-22(10-4-1)28-20-24(19-23-11-7-8-14-27(23)28)21-15-17-26(18-16-21)29-25-12-5-2-6-13-25/h1-20,29H/i1D,3D,4D,9D,10D. The molecule has 0 unspecified atom stereocenters. The lowest BCUT2D eigenvalue weighted by Gasteiger charge is -2.12. The van der Waals surface area contributed by atoms with Gasteiger partial charge in [-0.25, -0.2) is 0 Å². The molecule has 1 heteroatoms. The van der Waals surface area contributed by atoms with Crippen LogP contribution in [0.2, 0.25) is 0 Å². The zero-order chi connectivity index (χ0) is 23.8. The summed E-state index contributed by atoms with van der Waals surface area (Å²) in [5.74, 6) is 0. The Hall–Kier alpha value is -3.84. The molecule has 138 valence electrons. The molecule has 0 aromatic heterocycles. The van der Waals surface area contributed by atoms with Crippen LogP contribution in [0.25, 0.3) is 33.0 Å². The fourth-order valence-corrected chi connectivity index (χ4v) is 3.50. The quantitative estimate of drug-likeness (QED) is 0.336. The van der Waals surface area contributed by atoms with Crippen molar-refractivity contribution in [3.05, 3.63) is 121 Å². The number of para-hydroxylation sites is 1. The Kier molecular flexibility index (Phi) is 3.32. The van der Waals surface area contributed by atoms with E-state index < -0.39 is 0 Å². The molecule has 0 aliphatic heterocycles. The Balaban J connectivity index is 1.64. The van der Waals surface area contributed by atoms with Crippen LogP contribution in [0.3, 0.4) is 0 Å². The molecule has 5 rings (SSSR count). The molecule has 0 saturated heterocycles. The van der Waals surface area contributed by atoms with Crippen LogP contribution >= 0.6 is 0 Å². The van der Waals surface area contributed by atoms with Gasteiger partial charge in [-0.1, -0.05) is 84.8 Å². The summed E-state index contributed by atoms with van der Waals surface area (Å²) in [5, 5.41) is 5.15. The molecule has 29 heavy (non-hydrogen) atoms. The molecule has 0 bridgehead atoms. The first-order chi connectivity index (χ1) is 16.4. The van der Waals surface area contributed by atoms with Crippen molar-refractivity contribution < 1.29 is 6.85 Å². The maximum Gasteiger partial charge on any atom is 0.0629 e. The Morgan fingerprint density at radius 2 is 1.24 bits per heavy atom. The molecular weight excluding hydrogens is 350 g/mol. The van der Waals surface area contributed by atoms with Gasteiger partial charge in [0.25, 0.3) is 0 Å². The smallest absolute Gasteiger partial charge is 0.0629 e. The molecule has 1 nitrogen and oxygen atoms in total. The molecule has 0 fully saturated rings. The Morgan fingerprint density at radius 3 is 2.03 bits per heavy atom. The van der Waals surface area contributed by atoms with Crippen LogP contribution in [0.4, 0.5) is 11.4 Å². The van der Waals surface area contributed by atoms with E-state index in [1.807, 2.05) is 84.9 Å². The van der Waals surface area contributed by atoms with Gasteiger partial charge in [-0.2, -0.15) is 0 Å². The van der Waals surface area contributed by atoms with Gasteiger partial charge in [0.2, 0.25) is 0 Å². The van der Waals surface area contributed by atoms with E-state index >= 15 is 0 Å². The molecule has 5 aromatic carbocycles. The molecule has 5 aromatic rings. The minimum Gasteiger partial charge on any atom is -0.356 e. The van der Waals surface area contributed by atoms with E-state index in [-0.39, 0.29) is 35.8 Å². The predicted molar refractivity (Wildman–Crippen MR) is 125 cm³/mol. The first-order valence-corrected chi connectivity index (χ1v) is 9.46. The summed E-state index contributed by atoms with van der Waals surface area (Å²) in [7, 11) is 0. The van der Waals surface area contributed by atoms with Crippen molar-refractivity contribution in [3.8, 4) is 22.3 Å². The van der Waals surface area contributed by atoms with E-state index in [1.165, 1.54) is 0 Å². The van der Waals surface area contributed by atoms with Gasteiger partial charge in [0.1, 0.15) is 0 Å². The van der Waals surface area contributed by atoms with Gasteiger partial charge in [0.15, 0.2) is 0 Å². The molecule has 1 N–H and O–H groups in total. The van der Waals surface area contributed by atoms with E-state index in [0.29, 0.717) is 5.56 Å². The van der Waals surface area contributed by atoms with Gasteiger partial charge in [-0.15, -0.1) is 0 Å². The highest BCUT2D eigenvalue weighted by Crippen LogP contribution is 2.34. The van der Waals surface area contributed by atoms with Gasteiger partial charge < -0.3 is 5.32 Å². The number of anilines is 2. The highest BCUT2D eigenvalue weighted by atomic mass is 14.9. The van der Waals surface area contributed by atoms with Crippen molar-refractivity contribution in [2.75, 3.05) is 5.32 Å². The van der Waals surface area contributed by atoms with E-state index in [1.54, 1.807) is 0 Å². The van der Waals surface area contributed by atoms with Crippen LogP contribution in [0.15, 0.2) is 121 Å².